The molecule has 0 aliphatic carbocycles. The first-order valence-corrected chi connectivity index (χ1v) is 9.43. The normalized spacial score (nSPS) is 19.9. The fourth-order valence-corrected chi connectivity index (χ4v) is 4.43. The SMILES string of the molecule is O=C([C@H]1CCCCn2nnnc21)N1CCc2[nH]c3c(Cl)cccc3c2C1. The predicted octanol–water partition coefficient (Wildman–Crippen LogP) is 2.66. The lowest BCUT2D eigenvalue weighted by Crippen LogP contribution is -2.39. The van der Waals surface area contributed by atoms with Crippen molar-refractivity contribution in [1.29, 1.82) is 0 Å². The third-order valence-electron chi connectivity index (χ3n) is 5.55. The van der Waals surface area contributed by atoms with E-state index in [1.165, 1.54) is 11.3 Å². The Morgan fingerprint density at radius 2 is 2.19 bits per heavy atom. The van der Waals surface area contributed by atoms with Crippen LogP contribution in [0.4, 0.5) is 0 Å². The summed E-state index contributed by atoms with van der Waals surface area (Å²) in [5.41, 5.74) is 3.32. The predicted molar refractivity (Wildman–Crippen MR) is 96.8 cm³/mol. The van der Waals surface area contributed by atoms with E-state index in [1.807, 2.05) is 17.0 Å². The minimum atomic E-state index is -0.247. The van der Waals surface area contributed by atoms with Gasteiger partial charge in [-0.2, -0.15) is 0 Å². The van der Waals surface area contributed by atoms with Crippen molar-refractivity contribution < 1.29 is 4.79 Å². The number of para-hydroxylation sites is 1. The van der Waals surface area contributed by atoms with Crippen LogP contribution in [0.25, 0.3) is 10.9 Å². The smallest absolute Gasteiger partial charge is 0.233 e. The van der Waals surface area contributed by atoms with Crippen LogP contribution in [-0.2, 0) is 24.3 Å². The van der Waals surface area contributed by atoms with Crippen LogP contribution in [0.15, 0.2) is 18.2 Å². The monoisotopic (exact) mass is 370 g/mol. The van der Waals surface area contributed by atoms with Gasteiger partial charge in [-0.1, -0.05) is 30.2 Å². The molecule has 2 aromatic heterocycles. The number of aryl methyl sites for hydroxylation is 1. The molecule has 0 unspecified atom stereocenters. The van der Waals surface area contributed by atoms with Gasteiger partial charge >= 0.3 is 0 Å². The number of carbonyl (C=O) groups excluding carboxylic acids is 1. The van der Waals surface area contributed by atoms with E-state index in [2.05, 4.69) is 26.6 Å². The van der Waals surface area contributed by atoms with Crippen molar-refractivity contribution >= 4 is 28.4 Å². The number of fused-ring (bicyclic) bond motifs is 4. The van der Waals surface area contributed by atoms with Crippen LogP contribution in [0, 0.1) is 0 Å². The Labute approximate surface area is 155 Å². The number of hydrogen-bond acceptors (Lipinski definition) is 4. The molecule has 0 spiro atoms. The largest absolute Gasteiger partial charge is 0.357 e. The highest BCUT2D eigenvalue weighted by Crippen LogP contribution is 2.33. The number of aromatic nitrogens is 5. The molecular weight excluding hydrogens is 352 g/mol. The topological polar surface area (TPSA) is 79.7 Å². The van der Waals surface area contributed by atoms with Crippen molar-refractivity contribution in [2.75, 3.05) is 6.54 Å². The van der Waals surface area contributed by atoms with Crippen LogP contribution >= 0.6 is 11.6 Å². The molecule has 26 heavy (non-hydrogen) atoms. The van der Waals surface area contributed by atoms with E-state index in [1.54, 1.807) is 4.68 Å². The summed E-state index contributed by atoms with van der Waals surface area (Å²) in [4.78, 5) is 18.7. The molecule has 4 heterocycles. The van der Waals surface area contributed by atoms with E-state index in [-0.39, 0.29) is 11.8 Å². The number of aromatic amines is 1. The van der Waals surface area contributed by atoms with Crippen molar-refractivity contribution in [3.63, 3.8) is 0 Å². The summed E-state index contributed by atoms with van der Waals surface area (Å²) >= 11 is 6.32. The van der Waals surface area contributed by atoms with E-state index >= 15 is 0 Å². The third-order valence-corrected chi connectivity index (χ3v) is 5.87. The molecule has 5 rings (SSSR count). The molecule has 2 aliphatic rings. The molecule has 3 aromatic rings. The summed E-state index contributed by atoms with van der Waals surface area (Å²) in [5.74, 6) is 0.591. The number of nitrogens with one attached hydrogen (secondary N) is 1. The van der Waals surface area contributed by atoms with E-state index < -0.39 is 0 Å². The Morgan fingerprint density at radius 3 is 3.12 bits per heavy atom. The van der Waals surface area contributed by atoms with Crippen molar-refractivity contribution in [3.05, 3.63) is 40.3 Å². The van der Waals surface area contributed by atoms with Crippen LogP contribution in [0.2, 0.25) is 5.02 Å². The lowest BCUT2D eigenvalue weighted by molar-refractivity contribution is -0.134. The minimum absolute atomic E-state index is 0.130. The van der Waals surface area contributed by atoms with Crippen LogP contribution < -0.4 is 0 Å². The summed E-state index contributed by atoms with van der Waals surface area (Å²) in [6, 6.07) is 5.91. The summed E-state index contributed by atoms with van der Waals surface area (Å²) in [7, 11) is 0. The fraction of sp³-hybridized carbons (Fsp3) is 0.444. The van der Waals surface area contributed by atoms with E-state index in [9.17, 15) is 4.79 Å². The average molecular weight is 371 g/mol. The second-order valence-corrected chi connectivity index (χ2v) is 7.47. The average Bonchev–Trinajstić information content (AvgIpc) is 3.21. The second kappa shape index (κ2) is 6.09. The molecular formula is C18H19ClN6O. The highest BCUT2D eigenvalue weighted by molar-refractivity contribution is 6.35. The molecule has 1 atom stereocenters. The number of halogens is 1. The number of nitrogens with zero attached hydrogens (tertiary/aromatic N) is 5. The Balaban J connectivity index is 1.47. The molecule has 134 valence electrons. The van der Waals surface area contributed by atoms with Crippen molar-refractivity contribution in [2.45, 2.75) is 44.7 Å². The first-order chi connectivity index (χ1) is 12.7. The minimum Gasteiger partial charge on any atom is -0.357 e. The van der Waals surface area contributed by atoms with Gasteiger partial charge in [-0.05, 0) is 29.3 Å². The third kappa shape index (κ3) is 2.41. The summed E-state index contributed by atoms with van der Waals surface area (Å²) < 4.78 is 1.79. The number of amides is 1. The Hall–Kier alpha value is -2.41. The molecule has 1 amide bonds. The molecule has 1 N–H and O–H groups in total. The number of H-pyrrole nitrogens is 1. The van der Waals surface area contributed by atoms with Gasteiger partial charge in [0.1, 0.15) is 0 Å². The van der Waals surface area contributed by atoms with Crippen LogP contribution in [-0.4, -0.2) is 42.5 Å². The molecule has 2 aliphatic heterocycles. The Morgan fingerprint density at radius 1 is 1.27 bits per heavy atom. The Kier molecular flexibility index (Phi) is 3.70. The molecule has 0 saturated carbocycles. The molecule has 1 aromatic carbocycles. The maximum absolute atomic E-state index is 13.3. The quantitative estimate of drug-likeness (QED) is 0.714. The van der Waals surface area contributed by atoms with Gasteiger partial charge in [-0.3, -0.25) is 4.79 Å². The van der Waals surface area contributed by atoms with Gasteiger partial charge in [0, 0.05) is 42.7 Å². The van der Waals surface area contributed by atoms with E-state index in [0.717, 1.165) is 48.2 Å². The molecule has 7 nitrogen and oxygen atoms in total. The zero-order chi connectivity index (χ0) is 17.7. The van der Waals surface area contributed by atoms with Crippen molar-refractivity contribution in [3.8, 4) is 0 Å². The summed E-state index contributed by atoms with van der Waals surface area (Å²) in [6.45, 7) is 2.10. The number of tetrazole rings is 1. The highest BCUT2D eigenvalue weighted by Gasteiger charge is 2.34. The lowest BCUT2D eigenvalue weighted by atomic mass is 9.98. The fourth-order valence-electron chi connectivity index (χ4n) is 4.20. The number of rotatable bonds is 1. The van der Waals surface area contributed by atoms with Crippen LogP contribution in [0.1, 0.15) is 42.3 Å². The maximum atomic E-state index is 13.3. The van der Waals surface area contributed by atoms with Crippen molar-refractivity contribution in [1.82, 2.24) is 30.1 Å². The van der Waals surface area contributed by atoms with E-state index in [0.29, 0.717) is 18.9 Å². The highest BCUT2D eigenvalue weighted by atomic mass is 35.5. The van der Waals surface area contributed by atoms with Gasteiger partial charge in [0.15, 0.2) is 5.82 Å². The molecule has 0 saturated heterocycles. The first kappa shape index (κ1) is 15.8. The molecule has 8 heteroatoms. The first-order valence-electron chi connectivity index (χ1n) is 9.05. The van der Waals surface area contributed by atoms with Gasteiger partial charge < -0.3 is 9.88 Å². The zero-order valence-electron chi connectivity index (χ0n) is 14.3. The number of benzene rings is 1. The van der Waals surface area contributed by atoms with Crippen LogP contribution in [0.5, 0.6) is 0 Å². The maximum Gasteiger partial charge on any atom is 0.233 e. The summed E-state index contributed by atoms with van der Waals surface area (Å²) in [5, 5.41) is 13.8. The zero-order valence-corrected chi connectivity index (χ0v) is 15.0. The molecule has 0 bridgehead atoms. The van der Waals surface area contributed by atoms with Gasteiger partial charge in [-0.25, -0.2) is 4.68 Å². The van der Waals surface area contributed by atoms with Gasteiger partial charge in [0.05, 0.1) is 16.5 Å². The summed E-state index contributed by atoms with van der Waals surface area (Å²) in [6.07, 6.45) is 3.63. The number of carbonyl (C=O) groups is 1. The second-order valence-electron chi connectivity index (χ2n) is 7.06. The van der Waals surface area contributed by atoms with Gasteiger partial charge in [-0.15, -0.1) is 5.10 Å². The Bertz CT molecular complexity index is 993. The van der Waals surface area contributed by atoms with Gasteiger partial charge in [0.2, 0.25) is 5.91 Å². The lowest BCUT2D eigenvalue weighted by Gasteiger charge is -2.30. The number of hydrogen-bond donors (Lipinski definition) is 1. The molecule has 0 fully saturated rings. The van der Waals surface area contributed by atoms with Gasteiger partial charge in [0.25, 0.3) is 0 Å². The van der Waals surface area contributed by atoms with Crippen molar-refractivity contribution in [2.24, 2.45) is 0 Å². The standard InChI is InChI=1S/C18H19ClN6O/c19-14-6-3-5-11-13-10-24(9-7-15(13)20-16(11)14)18(26)12-4-1-2-8-25-17(12)21-22-23-25/h3,5-6,12,20H,1-2,4,7-10H2/t12-/m0/s1. The van der Waals surface area contributed by atoms with E-state index in [4.69, 9.17) is 11.6 Å². The van der Waals surface area contributed by atoms with Crippen LogP contribution in [0.3, 0.4) is 0 Å². The molecule has 0 radical (unpaired) electrons.